The summed E-state index contributed by atoms with van der Waals surface area (Å²) < 4.78 is 1.56. The molecule has 0 bridgehead atoms. The summed E-state index contributed by atoms with van der Waals surface area (Å²) >= 11 is 6.09. The fourth-order valence-electron chi connectivity index (χ4n) is 1.99. The molecule has 22 heavy (non-hydrogen) atoms. The van der Waals surface area contributed by atoms with Gasteiger partial charge in [0.15, 0.2) is 0 Å². The average molecular weight is 315 g/mol. The number of aromatic nitrogens is 2. The van der Waals surface area contributed by atoms with E-state index in [0.29, 0.717) is 17.3 Å². The van der Waals surface area contributed by atoms with Crippen LogP contribution in [0.2, 0.25) is 5.15 Å². The highest BCUT2D eigenvalue weighted by Crippen LogP contribution is 2.19. The van der Waals surface area contributed by atoms with E-state index in [1.165, 1.54) is 6.08 Å². The molecule has 1 heterocycles. The topological polar surface area (TPSA) is 70.7 Å². The molecule has 1 N–H and O–H groups in total. The third-order valence-corrected chi connectivity index (χ3v) is 3.57. The first-order valence-electron chi connectivity index (χ1n) is 6.65. The third-order valence-electron chi connectivity index (χ3n) is 3.12. The molecule has 6 heteroatoms. The van der Waals surface area contributed by atoms with Gasteiger partial charge in [0.05, 0.1) is 17.3 Å². The van der Waals surface area contributed by atoms with Crippen molar-refractivity contribution in [3.8, 4) is 6.07 Å². The molecule has 0 aliphatic heterocycles. The summed E-state index contributed by atoms with van der Waals surface area (Å²) in [4.78, 5) is 11.8. The summed E-state index contributed by atoms with van der Waals surface area (Å²) in [6.45, 7) is 2.19. The number of carbonyl (C=O) groups excluding carboxylic acids is 1. The number of benzene rings is 1. The summed E-state index contributed by atoms with van der Waals surface area (Å²) in [5.41, 5.74) is 2.93. The van der Waals surface area contributed by atoms with Crippen LogP contribution in [-0.2, 0) is 18.4 Å². The molecule has 1 aromatic carbocycles. The van der Waals surface area contributed by atoms with Crippen molar-refractivity contribution in [3.05, 3.63) is 57.9 Å². The first-order chi connectivity index (χ1) is 10.5. The molecule has 0 unspecified atom stereocenters. The van der Waals surface area contributed by atoms with Crippen molar-refractivity contribution < 1.29 is 4.79 Å². The second kappa shape index (κ2) is 6.92. The van der Waals surface area contributed by atoms with Crippen LogP contribution in [-0.4, -0.2) is 15.7 Å². The first kappa shape index (κ1) is 15.8. The number of halogens is 1. The lowest BCUT2D eigenvalue weighted by Crippen LogP contribution is -2.20. The van der Waals surface area contributed by atoms with E-state index >= 15 is 0 Å². The Labute approximate surface area is 133 Å². The Morgan fingerprint density at radius 3 is 2.95 bits per heavy atom. The highest BCUT2D eigenvalue weighted by Gasteiger charge is 2.08. The van der Waals surface area contributed by atoms with Gasteiger partial charge < -0.3 is 5.32 Å². The minimum Gasteiger partial charge on any atom is -0.348 e. The Hall–Kier alpha value is -2.58. The highest BCUT2D eigenvalue weighted by molar-refractivity contribution is 6.31. The van der Waals surface area contributed by atoms with Crippen LogP contribution in [0, 0.1) is 18.3 Å². The van der Waals surface area contributed by atoms with Crippen molar-refractivity contribution in [2.24, 2.45) is 7.05 Å². The molecule has 0 spiro atoms. The summed E-state index contributed by atoms with van der Waals surface area (Å²) in [6.07, 6.45) is 3.07. The summed E-state index contributed by atoms with van der Waals surface area (Å²) in [7, 11) is 1.74. The van der Waals surface area contributed by atoms with Gasteiger partial charge in [-0.05, 0) is 30.7 Å². The molecule has 1 amide bonds. The number of nitrogens with one attached hydrogen (secondary N) is 1. The maximum atomic E-state index is 11.8. The molecule has 0 saturated heterocycles. The van der Waals surface area contributed by atoms with Gasteiger partial charge in [0.2, 0.25) is 5.91 Å². The van der Waals surface area contributed by atoms with E-state index in [0.717, 1.165) is 16.8 Å². The molecule has 112 valence electrons. The first-order valence-corrected chi connectivity index (χ1v) is 7.03. The van der Waals surface area contributed by atoms with Crippen LogP contribution in [0.3, 0.4) is 0 Å². The molecule has 1 aromatic heterocycles. The predicted molar refractivity (Wildman–Crippen MR) is 85.0 cm³/mol. The lowest BCUT2D eigenvalue weighted by molar-refractivity contribution is -0.116. The van der Waals surface area contributed by atoms with E-state index < -0.39 is 0 Å². The Bertz CT molecular complexity index is 771. The highest BCUT2D eigenvalue weighted by atomic mass is 35.5. The quantitative estimate of drug-likeness (QED) is 0.882. The Morgan fingerprint density at radius 2 is 2.32 bits per heavy atom. The largest absolute Gasteiger partial charge is 0.348 e. The smallest absolute Gasteiger partial charge is 0.244 e. The fourth-order valence-corrected chi connectivity index (χ4v) is 2.23. The Balaban J connectivity index is 1.98. The lowest BCUT2D eigenvalue weighted by Gasteiger charge is -2.02. The summed E-state index contributed by atoms with van der Waals surface area (Å²) in [6, 6.07) is 9.17. The van der Waals surface area contributed by atoms with Gasteiger partial charge in [0, 0.05) is 25.2 Å². The molecule has 2 rings (SSSR count). The molecule has 0 atom stereocenters. The number of nitrogens with zero attached hydrogens (tertiary/aromatic N) is 3. The van der Waals surface area contributed by atoms with E-state index in [9.17, 15) is 4.79 Å². The van der Waals surface area contributed by atoms with Crippen LogP contribution >= 0.6 is 11.6 Å². The molecule has 0 radical (unpaired) electrons. The van der Waals surface area contributed by atoms with Gasteiger partial charge in [0.25, 0.3) is 0 Å². The Morgan fingerprint density at radius 1 is 1.55 bits per heavy atom. The van der Waals surface area contributed by atoms with Crippen molar-refractivity contribution in [1.29, 1.82) is 5.26 Å². The molecule has 2 aromatic rings. The third kappa shape index (κ3) is 3.74. The monoisotopic (exact) mass is 314 g/mol. The zero-order chi connectivity index (χ0) is 16.1. The van der Waals surface area contributed by atoms with Crippen molar-refractivity contribution in [2.45, 2.75) is 13.5 Å². The number of rotatable bonds is 4. The van der Waals surface area contributed by atoms with Crippen molar-refractivity contribution >= 4 is 23.6 Å². The van der Waals surface area contributed by atoms with Crippen molar-refractivity contribution in [3.63, 3.8) is 0 Å². The van der Waals surface area contributed by atoms with Crippen LogP contribution in [0.25, 0.3) is 6.08 Å². The molecule has 0 saturated carbocycles. The second-order valence-electron chi connectivity index (χ2n) is 4.78. The maximum Gasteiger partial charge on any atom is 0.244 e. The van der Waals surface area contributed by atoms with Gasteiger partial charge in [-0.2, -0.15) is 10.4 Å². The SMILES string of the molecule is Cc1nn(C)c(Cl)c1/C=C/C(=O)NCc1cccc(C#N)c1. The summed E-state index contributed by atoms with van der Waals surface area (Å²) in [5, 5.41) is 16.3. The van der Waals surface area contributed by atoms with Gasteiger partial charge in [0.1, 0.15) is 5.15 Å². The van der Waals surface area contributed by atoms with Crippen LogP contribution in [0.4, 0.5) is 0 Å². The molecular weight excluding hydrogens is 300 g/mol. The Kier molecular flexibility index (Phi) is 4.97. The van der Waals surface area contributed by atoms with Gasteiger partial charge in [-0.3, -0.25) is 9.48 Å². The molecule has 0 fully saturated rings. The lowest BCUT2D eigenvalue weighted by atomic mass is 10.1. The standard InChI is InChI=1S/C16H15ClN4O/c1-11-14(16(17)21(2)20-11)6-7-15(22)19-10-13-5-3-4-12(8-13)9-18/h3-8H,10H2,1-2H3,(H,19,22)/b7-6+. The van der Waals surface area contributed by atoms with Crippen molar-refractivity contribution in [2.75, 3.05) is 0 Å². The number of nitriles is 1. The molecular formula is C16H15ClN4O. The van der Waals surface area contributed by atoms with E-state index in [1.807, 2.05) is 13.0 Å². The zero-order valence-corrected chi connectivity index (χ0v) is 13.1. The van der Waals surface area contributed by atoms with E-state index in [1.54, 1.807) is 36.0 Å². The van der Waals surface area contributed by atoms with Crippen LogP contribution < -0.4 is 5.32 Å². The van der Waals surface area contributed by atoms with Crippen LogP contribution in [0.5, 0.6) is 0 Å². The van der Waals surface area contributed by atoms with Crippen LogP contribution in [0.15, 0.2) is 30.3 Å². The van der Waals surface area contributed by atoms with Gasteiger partial charge >= 0.3 is 0 Å². The molecule has 0 aliphatic rings. The number of carbonyl (C=O) groups is 1. The fraction of sp³-hybridized carbons (Fsp3) is 0.188. The number of hydrogen-bond acceptors (Lipinski definition) is 3. The average Bonchev–Trinajstić information content (AvgIpc) is 2.76. The predicted octanol–water partition coefficient (Wildman–Crippen LogP) is 2.58. The maximum absolute atomic E-state index is 11.8. The normalized spacial score (nSPS) is 10.6. The van der Waals surface area contributed by atoms with E-state index in [4.69, 9.17) is 16.9 Å². The van der Waals surface area contributed by atoms with Crippen LogP contribution in [0.1, 0.15) is 22.4 Å². The minimum absolute atomic E-state index is 0.235. The molecule has 5 nitrogen and oxygen atoms in total. The zero-order valence-electron chi connectivity index (χ0n) is 12.3. The number of amides is 1. The summed E-state index contributed by atoms with van der Waals surface area (Å²) in [5.74, 6) is -0.235. The van der Waals surface area contributed by atoms with E-state index in [2.05, 4.69) is 16.5 Å². The van der Waals surface area contributed by atoms with Gasteiger partial charge in [-0.15, -0.1) is 0 Å². The van der Waals surface area contributed by atoms with Gasteiger partial charge in [-0.25, -0.2) is 0 Å². The minimum atomic E-state index is -0.235. The number of hydrogen-bond donors (Lipinski definition) is 1. The second-order valence-corrected chi connectivity index (χ2v) is 5.13. The van der Waals surface area contributed by atoms with E-state index in [-0.39, 0.29) is 5.91 Å². The number of aryl methyl sites for hydroxylation is 2. The van der Waals surface area contributed by atoms with Gasteiger partial charge in [-0.1, -0.05) is 23.7 Å². The van der Waals surface area contributed by atoms with Crippen molar-refractivity contribution in [1.82, 2.24) is 15.1 Å². The molecule has 0 aliphatic carbocycles.